The molecule has 1 amide bonds. The molecule has 1 unspecified atom stereocenters. The molecular formula is C18H22N4O2. The minimum atomic E-state index is 0.0458. The van der Waals surface area contributed by atoms with Crippen molar-refractivity contribution in [2.45, 2.75) is 44.8 Å². The normalized spacial score (nSPS) is 20.2. The smallest absolute Gasteiger partial charge is 0.274 e. The summed E-state index contributed by atoms with van der Waals surface area (Å²) >= 11 is 0. The van der Waals surface area contributed by atoms with Gasteiger partial charge in [0.2, 0.25) is 0 Å². The Bertz CT molecular complexity index is 713. The van der Waals surface area contributed by atoms with Crippen LogP contribution in [0.15, 0.2) is 24.5 Å². The van der Waals surface area contributed by atoms with Gasteiger partial charge in [0.05, 0.1) is 12.7 Å². The van der Waals surface area contributed by atoms with Crippen molar-refractivity contribution in [2.24, 2.45) is 0 Å². The van der Waals surface area contributed by atoms with Crippen LogP contribution in [-0.2, 0) is 24.2 Å². The van der Waals surface area contributed by atoms with Crippen LogP contribution < -0.4 is 0 Å². The maximum absolute atomic E-state index is 12.8. The number of rotatable bonds is 4. The maximum Gasteiger partial charge on any atom is 0.274 e. The van der Waals surface area contributed by atoms with E-state index in [1.807, 2.05) is 17.0 Å². The van der Waals surface area contributed by atoms with E-state index in [1.165, 1.54) is 6.42 Å². The van der Waals surface area contributed by atoms with E-state index in [9.17, 15) is 4.79 Å². The van der Waals surface area contributed by atoms with Crippen molar-refractivity contribution >= 4 is 5.91 Å². The number of nitrogens with one attached hydrogen (secondary N) is 1. The highest BCUT2D eigenvalue weighted by Gasteiger charge is 2.31. The van der Waals surface area contributed by atoms with Gasteiger partial charge in [-0.1, -0.05) is 0 Å². The summed E-state index contributed by atoms with van der Waals surface area (Å²) < 4.78 is 5.95. The molecule has 6 nitrogen and oxygen atoms in total. The summed E-state index contributed by atoms with van der Waals surface area (Å²) in [5, 5.41) is 7.35. The summed E-state index contributed by atoms with van der Waals surface area (Å²) in [5.41, 5.74) is 4.01. The highest BCUT2D eigenvalue weighted by Crippen LogP contribution is 2.24. The fraction of sp³-hybridized carbons (Fsp3) is 0.500. The molecule has 0 radical (unpaired) electrons. The van der Waals surface area contributed by atoms with E-state index in [0.29, 0.717) is 18.8 Å². The largest absolute Gasteiger partial charge is 0.372 e. The first-order valence-corrected chi connectivity index (χ1v) is 8.67. The van der Waals surface area contributed by atoms with E-state index in [4.69, 9.17) is 4.74 Å². The van der Waals surface area contributed by atoms with E-state index >= 15 is 0 Å². The van der Waals surface area contributed by atoms with Gasteiger partial charge in [0, 0.05) is 36.7 Å². The molecule has 2 aliphatic rings. The zero-order valence-corrected chi connectivity index (χ0v) is 13.7. The Kier molecular flexibility index (Phi) is 4.30. The number of aromatic amines is 1. The van der Waals surface area contributed by atoms with Gasteiger partial charge in [-0.3, -0.25) is 14.9 Å². The van der Waals surface area contributed by atoms with E-state index < -0.39 is 0 Å². The zero-order valence-electron chi connectivity index (χ0n) is 13.7. The van der Waals surface area contributed by atoms with Gasteiger partial charge < -0.3 is 9.64 Å². The number of likely N-dealkylation sites (tertiary alicyclic amines) is 1. The lowest BCUT2D eigenvalue weighted by molar-refractivity contribution is 0.0435. The van der Waals surface area contributed by atoms with Crippen LogP contribution in [0.1, 0.15) is 46.6 Å². The van der Waals surface area contributed by atoms with Gasteiger partial charge in [-0.25, -0.2) is 0 Å². The topological polar surface area (TPSA) is 71.1 Å². The molecule has 1 saturated heterocycles. The second kappa shape index (κ2) is 6.73. The molecule has 6 heteroatoms. The summed E-state index contributed by atoms with van der Waals surface area (Å²) in [5.74, 6) is 0.0458. The molecule has 126 valence electrons. The van der Waals surface area contributed by atoms with Crippen molar-refractivity contribution in [1.29, 1.82) is 0 Å². The van der Waals surface area contributed by atoms with E-state index in [1.54, 1.807) is 12.4 Å². The highest BCUT2D eigenvalue weighted by molar-refractivity contribution is 5.94. The number of fused-ring (bicyclic) bond motifs is 1. The number of aromatic nitrogens is 3. The van der Waals surface area contributed by atoms with Crippen molar-refractivity contribution in [3.05, 3.63) is 47.0 Å². The number of carbonyl (C=O) groups is 1. The molecule has 24 heavy (non-hydrogen) atoms. The number of ether oxygens (including phenoxy) is 1. The van der Waals surface area contributed by atoms with Gasteiger partial charge in [-0.2, -0.15) is 5.10 Å². The number of H-pyrrole nitrogens is 1. The van der Waals surface area contributed by atoms with Crippen molar-refractivity contribution in [3.8, 4) is 0 Å². The first-order chi connectivity index (χ1) is 11.8. The number of amides is 1. The lowest BCUT2D eigenvalue weighted by atomic mass is 9.95. The van der Waals surface area contributed by atoms with Crippen molar-refractivity contribution in [3.63, 3.8) is 0 Å². The third kappa shape index (κ3) is 3.06. The summed E-state index contributed by atoms with van der Waals surface area (Å²) in [6.07, 6.45) is 8.80. The SMILES string of the molecule is O=C(c1n[nH]c2c1CCCC2)N1CCC(OCc2ccncc2)C1. The van der Waals surface area contributed by atoms with Gasteiger partial charge in [-0.15, -0.1) is 0 Å². The Balaban J connectivity index is 1.36. The monoisotopic (exact) mass is 326 g/mol. The Morgan fingerprint density at radius 2 is 2.12 bits per heavy atom. The predicted molar refractivity (Wildman–Crippen MR) is 88.6 cm³/mol. The Labute approximate surface area is 141 Å². The van der Waals surface area contributed by atoms with Crippen molar-refractivity contribution < 1.29 is 9.53 Å². The fourth-order valence-electron chi connectivity index (χ4n) is 3.55. The second-order valence-electron chi connectivity index (χ2n) is 6.56. The fourth-order valence-corrected chi connectivity index (χ4v) is 3.55. The van der Waals surface area contributed by atoms with E-state index in [0.717, 1.165) is 49.0 Å². The van der Waals surface area contributed by atoms with Gasteiger partial charge in [0.25, 0.3) is 5.91 Å². The number of aryl methyl sites for hydroxylation is 1. The molecule has 3 heterocycles. The van der Waals surface area contributed by atoms with Gasteiger partial charge in [-0.05, 0) is 49.8 Å². The number of nitrogens with zero attached hydrogens (tertiary/aromatic N) is 3. The summed E-state index contributed by atoms with van der Waals surface area (Å²) in [7, 11) is 0. The zero-order chi connectivity index (χ0) is 16.4. The number of hydrogen-bond donors (Lipinski definition) is 1. The molecule has 0 spiro atoms. The Morgan fingerprint density at radius 3 is 3.00 bits per heavy atom. The molecule has 1 aliphatic carbocycles. The van der Waals surface area contributed by atoms with Crippen molar-refractivity contribution in [1.82, 2.24) is 20.1 Å². The van der Waals surface area contributed by atoms with Crippen LogP contribution in [0.25, 0.3) is 0 Å². The number of pyridine rings is 1. The first-order valence-electron chi connectivity index (χ1n) is 8.67. The van der Waals surface area contributed by atoms with Gasteiger partial charge in [0.15, 0.2) is 5.69 Å². The third-order valence-corrected chi connectivity index (χ3v) is 4.93. The lowest BCUT2D eigenvalue weighted by Crippen LogP contribution is -2.31. The first kappa shape index (κ1) is 15.3. The Morgan fingerprint density at radius 1 is 1.29 bits per heavy atom. The van der Waals surface area contributed by atoms with Gasteiger partial charge in [0.1, 0.15) is 0 Å². The van der Waals surface area contributed by atoms with Crippen LogP contribution in [-0.4, -0.2) is 45.2 Å². The molecule has 1 N–H and O–H groups in total. The second-order valence-corrected chi connectivity index (χ2v) is 6.56. The molecular weight excluding hydrogens is 304 g/mol. The molecule has 1 atom stereocenters. The van der Waals surface area contributed by atoms with Crippen LogP contribution in [0.3, 0.4) is 0 Å². The molecule has 0 saturated carbocycles. The lowest BCUT2D eigenvalue weighted by Gasteiger charge is -2.17. The average molecular weight is 326 g/mol. The summed E-state index contributed by atoms with van der Waals surface area (Å²) in [6.45, 7) is 1.94. The van der Waals surface area contributed by atoms with Crippen LogP contribution in [0, 0.1) is 0 Å². The molecule has 0 aromatic carbocycles. The third-order valence-electron chi connectivity index (χ3n) is 4.93. The van der Waals surface area contributed by atoms with Crippen LogP contribution in [0.2, 0.25) is 0 Å². The van der Waals surface area contributed by atoms with Crippen LogP contribution >= 0.6 is 0 Å². The molecule has 1 aliphatic heterocycles. The minimum absolute atomic E-state index is 0.0458. The minimum Gasteiger partial charge on any atom is -0.372 e. The molecule has 1 fully saturated rings. The molecule has 2 aromatic heterocycles. The Hall–Kier alpha value is -2.21. The quantitative estimate of drug-likeness (QED) is 0.934. The highest BCUT2D eigenvalue weighted by atomic mass is 16.5. The predicted octanol–water partition coefficient (Wildman–Crippen LogP) is 2.11. The number of hydrogen-bond acceptors (Lipinski definition) is 4. The van der Waals surface area contributed by atoms with E-state index in [2.05, 4.69) is 15.2 Å². The molecule has 4 rings (SSSR count). The van der Waals surface area contributed by atoms with Crippen molar-refractivity contribution in [2.75, 3.05) is 13.1 Å². The number of carbonyl (C=O) groups excluding carboxylic acids is 1. The standard InChI is InChI=1S/C18H22N4O2/c23-18(17-15-3-1-2-4-16(15)20-21-17)22-10-7-14(11-22)24-12-13-5-8-19-9-6-13/h5-6,8-9,14H,1-4,7,10-12H2,(H,20,21). The average Bonchev–Trinajstić information content (AvgIpc) is 3.27. The van der Waals surface area contributed by atoms with Crippen LogP contribution in [0.4, 0.5) is 0 Å². The summed E-state index contributed by atoms with van der Waals surface area (Å²) in [6, 6.07) is 3.90. The summed E-state index contributed by atoms with van der Waals surface area (Å²) in [4.78, 5) is 18.7. The van der Waals surface area contributed by atoms with Crippen LogP contribution in [0.5, 0.6) is 0 Å². The molecule has 0 bridgehead atoms. The van der Waals surface area contributed by atoms with Gasteiger partial charge >= 0.3 is 0 Å². The molecule has 2 aromatic rings. The van der Waals surface area contributed by atoms with E-state index in [-0.39, 0.29) is 12.0 Å². The maximum atomic E-state index is 12.8.